The minimum atomic E-state index is -0.291. The van der Waals surface area contributed by atoms with Gasteiger partial charge in [-0.15, -0.1) is 0 Å². The van der Waals surface area contributed by atoms with Crippen molar-refractivity contribution in [3.05, 3.63) is 62.8 Å². The monoisotopic (exact) mass is 352 g/mol. The molecule has 0 aliphatic carbocycles. The molecule has 0 saturated heterocycles. The molecule has 0 fully saturated rings. The summed E-state index contributed by atoms with van der Waals surface area (Å²) in [6, 6.07) is 7.06. The number of aromatic nitrogens is 2. The Labute approximate surface area is 150 Å². The van der Waals surface area contributed by atoms with Crippen molar-refractivity contribution >= 4 is 11.8 Å². The zero-order chi connectivity index (χ0) is 18.3. The number of fused-ring (bicyclic) bond motifs is 2. The van der Waals surface area contributed by atoms with Crippen molar-refractivity contribution in [1.82, 2.24) is 20.2 Å². The van der Waals surface area contributed by atoms with Gasteiger partial charge in [-0.25, -0.2) is 4.98 Å². The first-order chi connectivity index (χ1) is 12.5. The van der Waals surface area contributed by atoms with E-state index in [4.69, 9.17) is 0 Å². The second-order valence-electron chi connectivity index (χ2n) is 6.77. The highest BCUT2D eigenvalue weighted by molar-refractivity contribution is 5.99. The van der Waals surface area contributed by atoms with Crippen molar-refractivity contribution in [2.75, 3.05) is 13.1 Å². The predicted octanol–water partition coefficient (Wildman–Crippen LogP) is 0.880. The minimum absolute atomic E-state index is 0.0204. The van der Waals surface area contributed by atoms with Crippen LogP contribution in [0.15, 0.2) is 29.1 Å². The van der Waals surface area contributed by atoms with Crippen LogP contribution < -0.4 is 10.9 Å². The van der Waals surface area contributed by atoms with Gasteiger partial charge in [0, 0.05) is 30.6 Å². The Balaban J connectivity index is 1.48. The molecule has 0 saturated carbocycles. The van der Waals surface area contributed by atoms with Gasteiger partial charge in [0.25, 0.3) is 11.5 Å². The average molecular weight is 352 g/mol. The zero-order valence-corrected chi connectivity index (χ0v) is 14.5. The summed E-state index contributed by atoms with van der Waals surface area (Å²) in [6.45, 7) is 2.78. The molecular formula is C19H20N4O3. The van der Waals surface area contributed by atoms with Crippen LogP contribution in [0.2, 0.25) is 0 Å². The van der Waals surface area contributed by atoms with Gasteiger partial charge in [0.05, 0.1) is 18.2 Å². The second-order valence-corrected chi connectivity index (χ2v) is 6.77. The first-order valence-corrected chi connectivity index (χ1v) is 8.79. The topological polar surface area (TPSA) is 95.2 Å². The zero-order valence-electron chi connectivity index (χ0n) is 14.5. The molecule has 7 nitrogen and oxygen atoms in total. The van der Waals surface area contributed by atoms with E-state index >= 15 is 0 Å². The molecule has 0 radical (unpaired) electrons. The minimum Gasteiger partial charge on any atom is -0.345 e. The molecular weight excluding hydrogens is 332 g/mol. The lowest BCUT2D eigenvalue weighted by Crippen LogP contribution is -2.35. The average Bonchev–Trinajstić information content (AvgIpc) is 2.79. The van der Waals surface area contributed by atoms with Gasteiger partial charge in [-0.05, 0) is 25.0 Å². The van der Waals surface area contributed by atoms with Crippen LogP contribution in [0.1, 0.15) is 45.5 Å². The lowest BCUT2D eigenvalue weighted by Gasteiger charge is -2.22. The first kappa shape index (κ1) is 16.5. The van der Waals surface area contributed by atoms with Crippen LogP contribution in [0, 0.1) is 6.92 Å². The molecule has 2 aliphatic rings. The fraction of sp³-hybridized carbons (Fsp3) is 0.368. The third kappa shape index (κ3) is 2.89. The number of hydrogen-bond acceptors (Lipinski definition) is 4. The Morgan fingerprint density at radius 3 is 2.85 bits per heavy atom. The molecule has 2 N–H and O–H groups in total. The van der Waals surface area contributed by atoms with Crippen molar-refractivity contribution in [2.24, 2.45) is 0 Å². The van der Waals surface area contributed by atoms with Crippen LogP contribution in [0.4, 0.5) is 0 Å². The molecule has 7 heteroatoms. The van der Waals surface area contributed by atoms with E-state index in [2.05, 4.69) is 15.3 Å². The molecule has 0 bridgehead atoms. The highest BCUT2D eigenvalue weighted by Crippen LogP contribution is 2.28. The van der Waals surface area contributed by atoms with Gasteiger partial charge in [0.15, 0.2) is 0 Å². The first-order valence-electron chi connectivity index (χ1n) is 8.79. The van der Waals surface area contributed by atoms with Crippen LogP contribution in [-0.4, -0.2) is 39.8 Å². The number of carbonyl (C=O) groups is 2. The molecule has 3 heterocycles. The van der Waals surface area contributed by atoms with Crippen molar-refractivity contribution in [3.63, 3.8) is 0 Å². The van der Waals surface area contributed by atoms with Gasteiger partial charge in [-0.3, -0.25) is 14.4 Å². The van der Waals surface area contributed by atoms with Gasteiger partial charge in [-0.1, -0.05) is 18.2 Å². The Bertz CT molecular complexity index is 950. The number of benzene rings is 1. The van der Waals surface area contributed by atoms with Crippen LogP contribution in [0.25, 0.3) is 0 Å². The van der Waals surface area contributed by atoms with Crippen LogP contribution in [-0.2, 0) is 17.6 Å². The Kier molecular flexibility index (Phi) is 4.06. The predicted molar refractivity (Wildman–Crippen MR) is 94.8 cm³/mol. The molecule has 134 valence electrons. The quantitative estimate of drug-likeness (QED) is 0.839. The van der Waals surface area contributed by atoms with Gasteiger partial charge >= 0.3 is 0 Å². The number of aryl methyl sites for hydroxylation is 1. The van der Waals surface area contributed by atoms with Gasteiger partial charge in [-0.2, -0.15) is 0 Å². The number of hydrogen-bond donors (Lipinski definition) is 2. The summed E-state index contributed by atoms with van der Waals surface area (Å²) in [6.07, 6.45) is 1.29. The van der Waals surface area contributed by atoms with E-state index in [-0.39, 0.29) is 29.8 Å². The van der Waals surface area contributed by atoms with Crippen LogP contribution in [0.5, 0.6) is 0 Å². The summed E-state index contributed by atoms with van der Waals surface area (Å²) >= 11 is 0. The third-order valence-electron chi connectivity index (χ3n) is 5.09. The van der Waals surface area contributed by atoms with Gasteiger partial charge in [0.1, 0.15) is 5.82 Å². The van der Waals surface area contributed by atoms with Crippen molar-refractivity contribution in [2.45, 2.75) is 32.2 Å². The summed E-state index contributed by atoms with van der Waals surface area (Å²) in [5, 5.41) is 2.88. The van der Waals surface area contributed by atoms with E-state index in [0.717, 1.165) is 11.3 Å². The maximum atomic E-state index is 12.8. The summed E-state index contributed by atoms with van der Waals surface area (Å²) in [5.74, 6) is 0.444. The molecule has 4 rings (SSSR count). The van der Waals surface area contributed by atoms with Crippen LogP contribution in [0.3, 0.4) is 0 Å². The summed E-state index contributed by atoms with van der Waals surface area (Å²) in [5.41, 5.74) is 2.85. The van der Waals surface area contributed by atoms with Crippen LogP contribution >= 0.6 is 0 Å². The summed E-state index contributed by atoms with van der Waals surface area (Å²) < 4.78 is 0. The number of nitrogens with zero attached hydrogens (tertiary/aromatic N) is 2. The molecule has 26 heavy (non-hydrogen) atoms. The van der Waals surface area contributed by atoms with E-state index in [1.165, 1.54) is 0 Å². The van der Waals surface area contributed by atoms with E-state index in [0.29, 0.717) is 42.9 Å². The lowest BCUT2D eigenvalue weighted by molar-refractivity contribution is -0.131. The number of rotatable bonds is 2. The molecule has 2 aliphatic heterocycles. The fourth-order valence-corrected chi connectivity index (χ4v) is 3.77. The highest BCUT2D eigenvalue weighted by atomic mass is 16.2. The van der Waals surface area contributed by atoms with Crippen molar-refractivity contribution in [3.8, 4) is 0 Å². The fourth-order valence-electron chi connectivity index (χ4n) is 3.77. The summed E-state index contributed by atoms with van der Waals surface area (Å²) in [4.78, 5) is 45.9. The number of aromatic amines is 1. The normalized spacial score (nSPS) is 18.7. The van der Waals surface area contributed by atoms with E-state index in [1.54, 1.807) is 17.9 Å². The Morgan fingerprint density at radius 2 is 2.00 bits per heavy atom. The van der Waals surface area contributed by atoms with E-state index < -0.39 is 0 Å². The molecule has 0 unspecified atom stereocenters. The molecule has 1 atom stereocenters. The number of nitrogens with one attached hydrogen (secondary N) is 2. The molecule has 0 spiro atoms. The van der Waals surface area contributed by atoms with E-state index in [9.17, 15) is 14.4 Å². The number of H-pyrrole nitrogens is 1. The van der Waals surface area contributed by atoms with Crippen molar-refractivity contribution < 1.29 is 9.59 Å². The second kappa shape index (κ2) is 6.40. The maximum Gasteiger partial charge on any atom is 0.254 e. The maximum absolute atomic E-state index is 12.8. The third-order valence-corrected chi connectivity index (χ3v) is 5.09. The summed E-state index contributed by atoms with van der Waals surface area (Å²) in [7, 11) is 0. The molecule has 1 aromatic carbocycles. The highest BCUT2D eigenvalue weighted by Gasteiger charge is 2.31. The SMILES string of the molecule is Cc1nc2c(c(=O)[nH]1)CCN(C(=O)C[C@@H]1NC(=O)c3ccccc31)CC2. The van der Waals surface area contributed by atoms with Gasteiger partial charge in [0.2, 0.25) is 5.91 Å². The number of amides is 2. The standard InChI is InChI=1S/C19H20N4O3/c1-11-20-15-7-9-23(8-6-14(15)19(26)21-11)17(24)10-16-12-4-2-3-5-13(12)18(25)22-16/h2-5,16H,6-10H2,1H3,(H,22,25)(H,20,21,26)/t16-/m0/s1. The Hall–Kier alpha value is -2.96. The van der Waals surface area contributed by atoms with Crippen molar-refractivity contribution in [1.29, 1.82) is 0 Å². The van der Waals surface area contributed by atoms with E-state index in [1.807, 2.05) is 18.2 Å². The Morgan fingerprint density at radius 1 is 1.23 bits per heavy atom. The van der Waals surface area contributed by atoms with Gasteiger partial charge < -0.3 is 15.2 Å². The molecule has 2 aromatic rings. The molecule has 2 amide bonds. The smallest absolute Gasteiger partial charge is 0.254 e. The lowest BCUT2D eigenvalue weighted by atomic mass is 10.0. The molecule has 1 aromatic heterocycles. The largest absolute Gasteiger partial charge is 0.345 e. The number of carbonyl (C=O) groups excluding carboxylic acids is 2.